The Labute approximate surface area is 86.8 Å². The van der Waals surface area contributed by atoms with Crippen LogP contribution in [-0.4, -0.2) is 11.6 Å². The third-order valence-corrected chi connectivity index (χ3v) is 2.64. The third kappa shape index (κ3) is 2.48. The normalized spacial score (nSPS) is 15.8. The first-order valence-corrected chi connectivity index (χ1v) is 4.95. The second kappa shape index (κ2) is 3.72. The maximum absolute atomic E-state index is 5.77. The van der Waals surface area contributed by atoms with Crippen molar-refractivity contribution in [1.82, 2.24) is 4.98 Å². The summed E-state index contributed by atoms with van der Waals surface area (Å²) in [6.07, 6.45) is 4.14. The molecule has 1 heterocycles. The number of hydrogen-bond donors (Lipinski definition) is 0. The summed E-state index contributed by atoms with van der Waals surface area (Å²) in [5.74, 6) is 1.43. The van der Waals surface area contributed by atoms with E-state index in [2.05, 4.69) is 4.98 Å². The predicted octanol–water partition coefficient (Wildman–Crippen LogP) is 3.18. The second-order valence-corrected chi connectivity index (χ2v) is 3.96. The van der Waals surface area contributed by atoms with Crippen LogP contribution in [0.2, 0.25) is 10.2 Å². The fraction of sp³-hybridized carbons (Fsp3) is 0.444. The number of nitrogens with zero attached hydrogens (tertiary/aromatic N) is 1. The smallest absolute Gasteiger partial charge is 0.147 e. The van der Waals surface area contributed by atoms with E-state index in [4.69, 9.17) is 27.9 Å². The molecule has 1 aromatic heterocycles. The lowest BCUT2D eigenvalue weighted by molar-refractivity contribution is 0.298. The minimum atomic E-state index is 0.320. The van der Waals surface area contributed by atoms with Gasteiger partial charge in [0.25, 0.3) is 0 Å². The van der Waals surface area contributed by atoms with E-state index in [-0.39, 0.29) is 0 Å². The summed E-state index contributed by atoms with van der Waals surface area (Å²) in [7, 11) is 0. The summed E-state index contributed by atoms with van der Waals surface area (Å²) in [6, 6.07) is 1.69. The van der Waals surface area contributed by atoms with Gasteiger partial charge >= 0.3 is 0 Å². The molecule has 2 rings (SSSR count). The van der Waals surface area contributed by atoms with Gasteiger partial charge in [0.05, 0.1) is 17.8 Å². The van der Waals surface area contributed by atoms with Crippen molar-refractivity contribution in [3.05, 3.63) is 22.4 Å². The van der Waals surface area contributed by atoms with E-state index >= 15 is 0 Å². The van der Waals surface area contributed by atoms with E-state index in [1.165, 1.54) is 12.8 Å². The van der Waals surface area contributed by atoms with Crippen LogP contribution in [0.1, 0.15) is 12.8 Å². The molecule has 0 aromatic carbocycles. The van der Waals surface area contributed by atoms with Gasteiger partial charge in [-0.25, -0.2) is 4.98 Å². The molecule has 0 atom stereocenters. The van der Waals surface area contributed by atoms with Crippen molar-refractivity contribution >= 4 is 23.2 Å². The SMILES string of the molecule is Clc1cc(OCC2CC2)cnc1Cl. The van der Waals surface area contributed by atoms with Crippen molar-refractivity contribution < 1.29 is 4.74 Å². The summed E-state index contributed by atoms with van der Waals surface area (Å²) in [4.78, 5) is 3.89. The highest BCUT2D eigenvalue weighted by molar-refractivity contribution is 6.41. The van der Waals surface area contributed by atoms with E-state index in [1.54, 1.807) is 12.3 Å². The quantitative estimate of drug-likeness (QED) is 0.727. The van der Waals surface area contributed by atoms with Crippen LogP contribution in [0.5, 0.6) is 5.75 Å². The summed E-state index contributed by atoms with van der Waals surface area (Å²) in [5.41, 5.74) is 0. The Morgan fingerprint density at radius 2 is 2.23 bits per heavy atom. The molecule has 1 aromatic rings. The zero-order valence-corrected chi connectivity index (χ0v) is 8.48. The highest BCUT2D eigenvalue weighted by Gasteiger charge is 2.21. The van der Waals surface area contributed by atoms with Gasteiger partial charge in [0.1, 0.15) is 10.9 Å². The minimum absolute atomic E-state index is 0.320. The van der Waals surface area contributed by atoms with Gasteiger partial charge < -0.3 is 4.74 Å². The molecule has 0 N–H and O–H groups in total. The van der Waals surface area contributed by atoms with Crippen LogP contribution in [0.3, 0.4) is 0 Å². The van der Waals surface area contributed by atoms with Crippen LogP contribution < -0.4 is 4.74 Å². The molecular formula is C9H9Cl2NO. The highest BCUT2D eigenvalue weighted by atomic mass is 35.5. The average Bonchev–Trinajstić information content (AvgIpc) is 2.91. The van der Waals surface area contributed by atoms with Gasteiger partial charge in [-0.15, -0.1) is 0 Å². The van der Waals surface area contributed by atoms with Crippen molar-refractivity contribution in [3.8, 4) is 5.75 Å². The van der Waals surface area contributed by atoms with Crippen LogP contribution in [0.25, 0.3) is 0 Å². The Kier molecular flexibility index (Phi) is 2.61. The van der Waals surface area contributed by atoms with Crippen LogP contribution in [-0.2, 0) is 0 Å². The van der Waals surface area contributed by atoms with E-state index in [0.29, 0.717) is 15.9 Å². The summed E-state index contributed by atoms with van der Waals surface area (Å²) >= 11 is 11.4. The van der Waals surface area contributed by atoms with Gasteiger partial charge in [-0.3, -0.25) is 0 Å². The Bertz CT molecular complexity index is 312. The maximum Gasteiger partial charge on any atom is 0.147 e. The Morgan fingerprint density at radius 3 is 2.85 bits per heavy atom. The molecule has 0 spiro atoms. The number of aromatic nitrogens is 1. The largest absolute Gasteiger partial charge is 0.492 e. The maximum atomic E-state index is 5.77. The molecule has 1 aliphatic carbocycles. The highest BCUT2D eigenvalue weighted by Crippen LogP contribution is 2.30. The molecule has 4 heteroatoms. The zero-order chi connectivity index (χ0) is 9.26. The molecule has 0 aliphatic heterocycles. The fourth-order valence-corrected chi connectivity index (χ4v) is 1.24. The monoisotopic (exact) mass is 217 g/mol. The van der Waals surface area contributed by atoms with Crippen LogP contribution in [0.15, 0.2) is 12.3 Å². The Balaban J connectivity index is 1.98. The molecule has 1 fully saturated rings. The Hall–Kier alpha value is -0.470. The standard InChI is InChI=1S/C9H9Cl2NO/c10-8-3-7(4-12-9(8)11)13-5-6-1-2-6/h3-4,6H,1-2,5H2. The number of ether oxygens (including phenoxy) is 1. The first-order valence-electron chi connectivity index (χ1n) is 4.19. The Morgan fingerprint density at radius 1 is 1.46 bits per heavy atom. The summed E-state index contributed by atoms with van der Waals surface area (Å²) in [5, 5.41) is 0.760. The van der Waals surface area contributed by atoms with Crippen molar-refractivity contribution in [2.24, 2.45) is 5.92 Å². The lowest BCUT2D eigenvalue weighted by atomic mass is 10.4. The summed E-state index contributed by atoms with van der Waals surface area (Å²) < 4.78 is 5.46. The first-order chi connectivity index (χ1) is 6.25. The minimum Gasteiger partial charge on any atom is -0.492 e. The average molecular weight is 218 g/mol. The molecule has 1 saturated carbocycles. The number of rotatable bonds is 3. The zero-order valence-electron chi connectivity index (χ0n) is 6.96. The van der Waals surface area contributed by atoms with Gasteiger partial charge in [0.15, 0.2) is 0 Å². The van der Waals surface area contributed by atoms with Gasteiger partial charge in [-0.2, -0.15) is 0 Å². The summed E-state index contributed by atoms with van der Waals surface area (Å²) in [6.45, 7) is 0.764. The lowest BCUT2D eigenvalue weighted by Crippen LogP contribution is -1.99. The topological polar surface area (TPSA) is 22.1 Å². The molecule has 2 nitrogen and oxygen atoms in total. The predicted molar refractivity (Wildman–Crippen MR) is 52.5 cm³/mol. The molecule has 0 amide bonds. The van der Waals surface area contributed by atoms with Gasteiger partial charge in [0.2, 0.25) is 0 Å². The van der Waals surface area contributed by atoms with E-state index in [0.717, 1.165) is 12.5 Å². The number of pyridine rings is 1. The van der Waals surface area contributed by atoms with E-state index in [1.807, 2.05) is 0 Å². The van der Waals surface area contributed by atoms with E-state index in [9.17, 15) is 0 Å². The molecule has 70 valence electrons. The molecule has 13 heavy (non-hydrogen) atoms. The van der Waals surface area contributed by atoms with Crippen molar-refractivity contribution in [1.29, 1.82) is 0 Å². The van der Waals surface area contributed by atoms with Gasteiger partial charge in [-0.1, -0.05) is 23.2 Å². The molecule has 0 radical (unpaired) electrons. The lowest BCUT2D eigenvalue weighted by Gasteiger charge is -2.04. The van der Waals surface area contributed by atoms with Crippen molar-refractivity contribution in [2.75, 3.05) is 6.61 Å². The fourth-order valence-electron chi connectivity index (χ4n) is 0.981. The molecule has 0 saturated heterocycles. The second-order valence-electron chi connectivity index (χ2n) is 3.20. The number of halogens is 2. The first kappa shape index (κ1) is 9.10. The molecule has 1 aliphatic rings. The number of hydrogen-bond acceptors (Lipinski definition) is 2. The van der Waals surface area contributed by atoms with Gasteiger partial charge in [-0.05, 0) is 18.8 Å². The van der Waals surface area contributed by atoms with E-state index < -0.39 is 0 Å². The molecule has 0 unspecified atom stereocenters. The van der Waals surface area contributed by atoms with Crippen molar-refractivity contribution in [2.45, 2.75) is 12.8 Å². The van der Waals surface area contributed by atoms with Crippen LogP contribution in [0, 0.1) is 5.92 Å². The van der Waals surface area contributed by atoms with Crippen LogP contribution >= 0.6 is 23.2 Å². The van der Waals surface area contributed by atoms with Gasteiger partial charge in [0, 0.05) is 6.07 Å². The molecular weight excluding hydrogens is 209 g/mol. The third-order valence-electron chi connectivity index (χ3n) is 1.95. The van der Waals surface area contributed by atoms with Crippen molar-refractivity contribution in [3.63, 3.8) is 0 Å². The molecule has 0 bridgehead atoms. The van der Waals surface area contributed by atoms with Crippen LogP contribution in [0.4, 0.5) is 0 Å².